The molecule has 0 aliphatic rings. The van der Waals surface area contributed by atoms with E-state index >= 15 is 0 Å². The number of hydrogen-bond acceptors (Lipinski definition) is 2. The van der Waals surface area contributed by atoms with E-state index in [4.69, 9.17) is 0 Å². The summed E-state index contributed by atoms with van der Waals surface area (Å²) in [6.45, 7) is 0. The third kappa shape index (κ3) is 2.18. The quantitative estimate of drug-likeness (QED) is 0.744. The fraction of sp³-hybridized carbons (Fsp3) is 0. The zero-order chi connectivity index (χ0) is 10.8. The molecular formula is C10H5BrF2N2. The molecular weight excluding hydrogens is 266 g/mol. The van der Waals surface area contributed by atoms with Gasteiger partial charge in [0.05, 0.1) is 11.3 Å². The molecule has 0 saturated carbocycles. The molecule has 2 aromatic rings. The molecule has 5 heteroatoms. The molecule has 0 saturated heterocycles. The first-order chi connectivity index (χ1) is 7.16. The Hall–Kier alpha value is -1.36. The van der Waals surface area contributed by atoms with Crippen molar-refractivity contribution in [3.8, 4) is 11.3 Å². The highest BCUT2D eigenvalue weighted by molar-refractivity contribution is 9.10. The molecule has 0 amide bonds. The van der Waals surface area contributed by atoms with E-state index in [0.29, 0.717) is 10.3 Å². The maximum atomic E-state index is 13.3. The molecule has 0 aliphatic carbocycles. The maximum Gasteiger partial charge on any atom is 0.224 e. The van der Waals surface area contributed by atoms with Crippen LogP contribution >= 0.6 is 15.9 Å². The van der Waals surface area contributed by atoms with Gasteiger partial charge in [-0.05, 0) is 40.2 Å². The molecule has 0 radical (unpaired) electrons. The first-order valence-corrected chi connectivity index (χ1v) is 4.91. The van der Waals surface area contributed by atoms with Crippen LogP contribution in [0.25, 0.3) is 11.3 Å². The molecule has 0 aliphatic heterocycles. The molecule has 0 fully saturated rings. The van der Waals surface area contributed by atoms with Crippen molar-refractivity contribution in [1.29, 1.82) is 0 Å². The predicted octanol–water partition coefficient (Wildman–Crippen LogP) is 3.18. The minimum absolute atomic E-state index is 0.178. The lowest BCUT2D eigenvalue weighted by Gasteiger charge is -2.01. The third-order valence-electron chi connectivity index (χ3n) is 1.81. The summed E-state index contributed by atoms with van der Waals surface area (Å²) in [7, 11) is 0. The number of pyridine rings is 2. The van der Waals surface area contributed by atoms with Gasteiger partial charge in [-0.1, -0.05) is 6.07 Å². The average molecular weight is 271 g/mol. The minimum atomic E-state index is -0.861. The predicted molar refractivity (Wildman–Crippen MR) is 55.1 cm³/mol. The highest BCUT2D eigenvalue weighted by Gasteiger charge is 2.08. The summed E-state index contributed by atoms with van der Waals surface area (Å²) >= 11 is 3.17. The van der Waals surface area contributed by atoms with Gasteiger partial charge in [-0.15, -0.1) is 0 Å². The molecule has 0 aromatic carbocycles. The van der Waals surface area contributed by atoms with Crippen LogP contribution in [-0.2, 0) is 0 Å². The van der Waals surface area contributed by atoms with E-state index in [1.165, 1.54) is 6.07 Å². The van der Waals surface area contributed by atoms with Gasteiger partial charge in [0, 0.05) is 0 Å². The SMILES string of the molecule is Fc1ccc(-c2cccc(Br)n2)c(F)n1. The first kappa shape index (κ1) is 10.2. The van der Waals surface area contributed by atoms with Crippen LogP contribution in [0.15, 0.2) is 34.9 Å². The van der Waals surface area contributed by atoms with Crippen LogP contribution in [0.5, 0.6) is 0 Å². The van der Waals surface area contributed by atoms with Gasteiger partial charge in [-0.2, -0.15) is 13.8 Å². The Kier molecular flexibility index (Phi) is 2.73. The Morgan fingerprint density at radius 2 is 1.80 bits per heavy atom. The standard InChI is InChI=1S/C10H5BrF2N2/c11-8-3-1-2-7(14-8)6-4-5-9(12)15-10(6)13/h1-5H. The van der Waals surface area contributed by atoms with Crippen molar-refractivity contribution in [2.75, 3.05) is 0 Å². The Balaban J connectivity index is 2.54. The fourth-order valence-electron chi connectivity index (χ4n) is 1.16. The zero-order valence-corrected chi connectivity index (χ0v) is 9.00. The smallest absolute Gasteiger partial charge is 0.224 e. The second-order valence-corrected chi connectivity index (χ2v) is 3.63. The topological polar surface area (TPSA) is 25.8 Å². The monoisotopic (exact) mass is 270 g/mol. The van der Waals surface area contributed by atoms with E-state index in [1.54, 1.807) is 18.2 Å². The van der Waals surface area contributed by atoms with Crippen LogP contribution in [0.3, 0.4) is 0 Å². The summed E-state index contributed by atoms with van der Waals surface area (Å²) in [5.41, 5.74) is 0.590. The molecule has 0 N–H and O–H groups in total. The molecule has 2 heterocycles. The van der Waals surface area contributed by atoms with E-state index in [9.17, 15) is 8.78 Å². The Morgan fingerprint density at radius 1 is 1.00 bits per heavy atom. The molecule has 0 spiro atoms. The van der Waals surface area contributed by atoms with Crippen molar-refractivity contribution in [3.63, 3.8) is 0 Å². The lowest BCUT2D eigenvalue weighted by atomic mass is 10.2. The summed E-state index contributed by atoms with van der Waals surface area (Å²) in [6.07, 6.45) is 0. The Bertz CT molecular complexity index is 503. The number of nitrogens with zero attached hydrogens (tertiary/aromatic N) is 2. The molecule has 76 valence electrons. The average Bonchev–Trinajstić information content (AvgIpc) is 2.17. The number of aromatic nitrogens is 2. The van der Waals surface area contributed by atoms with Crippen LogP contribution < -0.4 is 0 Å². The summed E-state index contributed by atoms with van der Waals surface area (Å²) in [4.78, 5) is 7.14. The molecule has 0 atom stereocenters. The van der Waals surface area contributed by atoms with Gasteiger partial charge < -0.3 is 0 Å². The van der Waals surface area contributed by atoms with Gasteiger partial charge in [-0.25, -0.2) is 4.98 Å². The Morgan fingerprint density at radius 3 is 2.47 bits per heavy atom. The highest BCUT2D eigenvalue weighted by Crippen LogP contribution is 2.21. The van der Waals surface area contributed by atoms with Crippen molar-refractivity contribution < 1.29 is 8.78 Å². The molecule has 2 nitrogen and oxygen atoms in total. The van der Waals surface area contributed by atoms with Crippen LogP contribution in [0.2, 0.25) is 0 Å². The summed E-state index contributed by atoms with van der Waals surface area (Å²) in [5.74, 6) is -1.70. The van der Waals surface area contributed by atoms with Crippen molar-refractivity contribution in [2.24, 2.45) is 0 Å². The van der Waals surface area contributed by atoms with Crippen LogP contribution in [0.4, 0.5) is 8.78 Å². The highest BCUT2D eigenvalue weighted by atomic mass is 79.9. The summed E-state index contributed by atoms with van der Waals surface area (Å²) < 4.78 is 26.4. The van der Waals surface area contributed by atoms with Crippen molar-refractivity contribution in [1.82, 2.24) is 9.97 Å². The molecule has 2 aromatic heterocycles. The van der Waals surface area contributed by atoms with Gasteiger partial charge in [0.2, 0.25) is 11.9 Å². The molecule has 2 rings (SSSR count). The number of halogens is 3. The summed E-state index contributed by atoms with van der Waals surface area (Å²) in [6, 6.07) is 7.48. The number of hydrogen-bond donors (Lipinski definition) is 0. The van der Waals surface area contributed by atoms with Gasteiger partial charge in [-0.3, -0.25) is 0 Å². The lowest BCUT2D eigenvalue weighted by molar-refractivity contribution is 0.515. The van der Waals surface area contributed by atoms with Crippen molar-refractivity contribution in [2.45, 2.75) is 0 Å². The maximum absolute atomic E-state index is 13.3. The lowest BCUT2D eigenvalue weighted by Crippen LogP contribution is -1.93. The second-order valence-electron chi connectivity index (χ2n) is 2.82. The van der Waals surface area contributed by atoms with Gasteiger partial charge in [0.15, 0.2) is 0 Å². The molecule has 15 heavy (non-hydrogen) atoms. The van der Waals surface area contributed by atoms with Crippen molar-refractivity contribution >= 4 is 15.9 Å². The Labute approximate surface area is 93.1 Å². The van der Waals surface area contributed by atoms with E-state index in [1.807, 2.05) is 0 Å². The second kappa shape index (κ2) is 4.02. The normalized spacial score (nSPS) is 10.3. The summed E-state index contributed by atoms with van der Waals surface area (Å²) in [5, 5.41) is 0. The van der Waals surface area contributed by atoms with Gasteiger partial charge in [0.1, 0.15) is 4.60 Å². The van der Waals surface area contributed by atoms with E-state index in [-0.39, 0.29) is 5.56 Å². The van der Waals surface area contributed by atoms with E-state index < -0.39 is 11.9 Å². The largest absolute Gasteiger partial charge is 0.241 e. The molecule has 0 bridgehead atoms. The zero-order valence-electron chi connectivity index (χ0n) is 7.42. The fourth-order valence-corrected chi connectivity index (χ4v) is 1.51. The van der Waals surface area contributed by atoms with E-state index in [0.717, 1.165) is 6.07 Å². The van der Waals surface area contributed by atoms with Gasteiger partial charge >= 0.3 is 0 Å². The number of rotatable bonds is 1. The van der Waals surface area contributed by atoms with Crippen LogP contribution in [0.1, 0.15) is 0 Å². The third-order valence-corrected chi connectivity index (χ3v) is 2.25. The van der Waals surface area contributed by atoms with Crippen LogP contribution in [0, 0.1) is 11.9 Å². The van der Waals surface area contributed by atoms with Crippen molar-refractivity contribution in [3.05, 3.63) is 46.8 Å². The van der Waals surface area contributed by atoms with Crippen LogP contribution in [-0.4, -0.2) is 9.97 Å². The minimum Gasteiger partial charge on any atom is -0.241 e. The molecule has 0 unspecified atom stereocenters. The van der Waals surface area contributed by atoms with Gasteiger partial charge in [0.25, 0.3) is 0 Å². The van der Waals surface area contributed by atoms with E-state index in [2.05, 4.69) is 25.9 Å². The first-order valence-electron chi connectivity index (χ1n) is 4.12.